The lowest BCUT2D eigenvalue weighted by atomic mass is 9.44. The van der Waals surface area contributed by atoms with Gasteiger partial charge in [0.2, 0.25) is 0 Å². The number of rotatable bonds is 0. The minimum Gasteiger partial charge on any atom is -0.299 e. The van der Waals surface area contributed by atoms with Crippen LogP contribution in [0, 0.1) is 33.6 Å². The lowest BCUT2D eigenvalue weighted by Gasteiger charge is -2.59. The Morgan fingerprint density at radius 3 is 2.50 bits per heavy atom. The predicted molar refractivity (Wildman–Crippen MR) is 104 cm³/mol. The molecule has 3 atom stereocenters. The van der Waals surface area contributed by atoms with Gasteiger partial charge in [0.05, 0.1) is 5.41 Å². The molecule has 0 aromatic rings. The molecular weight excluding hydrogens is 308 g/mol. The number of carbonyl (C=O) groups is 1. The van der Waals surface area contributed by atoms with Crippen LogP contribution in [0.4, 0.5) is 0 Å². The van der Waals surface area contributed by atoms with E-state index in [0.29, 0.717) is 11.7 Å². The monoisotopic (exact) mass is 342 g/mol. The first-order valence-corrected chi connectivity index (χ1v) is 13.3. The van der Waals surface area contributed by atoms with Gasteiger partial charge in [0.1, 0.15) is 13.9 Å². The van der Waals surface area contributed by atoms with Crippen molar-refractivity contribution in [3.8, 4) is 11.5 Å². The smallest absolute Gasteiger partial charge is 0.138 e. The fraction of sp³-hybridized carbons (Fsp3) is 0.773. The van der Waals surface area contributed by atoms with E-state index in [9.17, 15) is 4.79 Å². The van der Waals surface area contributed by atoms with E-state index < -0.39 is 8.07 Å². The molecule has 3 unspecified atom stereocenters. The first-order valence-electron chi connectivity index (χ1n) is 9.80. The van der Waals surface area contributed by atoms with Crippen molar-refractivity contribution in [1.82, 2.24) is 0 Å². The van der Waals surface area contributed by atoms with Crippen LogP contribution in [0.15, 0.2) is 11.6 Å². The molecule has 3 aliphatic rings. The Hall–Kier alpha value is -0.813. The molecule has 3 rings (SSSR count). The summed E-state index contributed by atoms with van der Waals surface area (Å²) in [5.41, 5.74) is 5.42. The summed E-state index contributed by atoms with van der Waals surface area (Å²) in [5.74, 6) is 4.79. The molecule has 0 amide bonds. The second-order valence-corrected chi connectivity index (χ2v) is 15.0. The van der Waals surface area contributed by atoms with Gasteiger partial charge in [-0.15, -0.1) is 5.54 Å². The zero-order valence-electron chi connectivity index (χ0n) is 16.5. The van der Waals surface area contributed by atoms with E-state index in [0.717, 1.165) is 25.7 Å². The number of hydrogen-bond acceptors (Lipinski definition) is 1. The van der Waals surface area contributed by atoms with Crippen LogP contribution >= 0.6 is 0 Å². The number of hydrogen-bond donors (Lipinski definition) is 0. The van der Waals surface area contributed by atoms with E-state index >= 15 is 0 Å². The summed E-state index contributed by atoms with van der Waals surface area (Å²) in [6.07, 6.45) is 10.3. The van der Waals surface area contributed by atoms with Crippen molar-refractivity contribution in [2.45, 2.75) is 85.4 Å². The number of Topliss-reactive ketones (excluding diaryl/α,β-unsaturated/α-hetero) is 1. The molecule has 3 aliphatic carbocycles. The molecule has 0 aromatic heterocycles. The molecule has 0 bridgehead atoms. The molecule has 0 radical (unpaired) electrons. The Morgan fingerprint density at radius 2 is 1.83 bits per heavy atom. The molecular formula is C22H34OSi. The van der Waals surface area contributed by atoms with Gasteiger partial charge < -0.3 is 0 Å². The molecule has 2 heteroatoms. The molecule has 0 saturated heterocycles. The third kappa shape index (κ3) is 2.73. The lowest BCUT2D eigenvalue weighted by molar-refractivity contribution is -0.141. The second-order valence-electron chi connectivity index (χ2n) is 10.2. The molecule has 24 heavy (non-hydrogen) atoms. The third-order valence-electron chi connectivity index (χ3n) is 7.05. The molecule has 2 saturated carbocycles. The van der Waals surface area contributed by atoms with Gasteiger partial charge in [0.25, 0.3) is 0 Å². The van der Waals surface area contributed by atoms with Crippen molar-refractivity contribution in [2.75, 3.05) is 0 Å². The maximum absolute atomic E-state index is 12.6. The number of allylic oxidation sites excluding steroid dienone is 2. The third-order valence-corrected chi connectivity index (χ3v) is 7.93. The zero-order valence-corrected chi connectivity index (χ0v) is 17.5. The average Bonchev–Trinajstić information content (AvgIpc) is 2.49. The molecule has 1 nitrogen and oxygen atoms in total. The van der Waals surface area contributed by atoms with Crippen molar-refractivity contribution in [3.05, 3.63) is 11.6 Å². The van der Waals surface area contributed by atoms with Crippen LogP contribution in [0.3, 0.4) is 0 Å². The van der Waals surface area contributed by atoms with Crippen molar-refractivity contribution in [1.29, 1.82) is 0 Å². The maximum atomic E-state index is 12.6. The summed E-state index contributed by atoms with van der Waals surface area (Å²) in [4.78, 5) is 12.6. The highest BCUT2D eigenvalue weighted by Crippen LogP contribution is 2.65. The summed E-state index contributed by atoms with van der Waals surface area (Å²) in [7, 11) is -1.37. The van der Waals surface area contributed by atoms with Crippen LogP contribution in [0.2, 0.25) is 19.6 Å². The van der Waals surface area contributed by atoms with Gasteiger partial charge in [-0.2, -0.15) is 0 Å². The van der Waals surface area contributed by atoms with Crippen molar-refractivity contribution in [3.63, 3.8) is 0 Å². The normalized spacial score (nSPS) is 38.3. The van der Waals surface area contributed by atoms with Crippen LogP contribution in [-0.4, -0.2) is 13.9 Å². The Kier molecular flexibility index (Phi) is 4.20. The fourth-order valence-electron chi connectivity index (χ4n) is 5.77. The highest BCUT2D eigenvalue weighted by atomic mass is 28.3. The summed E-state index contributed by atoms with van der Waals surface area (Å²) < 4.78 is 0. The van der Waals surface area contributed by atoms with E-state index in [2.05, 4.69) is 58.0 Å². The van der Waals surface area contributed by atoms with E-state index in [1.807, 2.05) is 0 Å². The molecule has 132 valence electrons. The largest absolute Gasteiger partial charge is 0.299 e. The first-order chi connectivity index (χ1) is 11.0. The lowest BCUT2D eigenvalue weighted by Crippen LogP contribution is -2.54. The van der Waals surface area contributed by atoms with Gasteiger partial charge in [-0.05, 0) is 55.4 Å². The van der Waals surface area contributed by atoms with Crippen molar-refractivity contribution >= 4 is 13.9 Å². The standard InChI is InChI=1S/C22H34OSi/c1-20(2)17-10-14-22(15-16-24(4,5)6)12-8-7-9-18(22)21(17,3)13-11-19(20)23/h9,17H,7-8,10-14H2,1-6H3. The molecule has 0 aliphatic heterocycles. The number of carbonyl (C=O) groups excluding carboxylic acids is 1. The van der Waals surface area contributed by atoms with Gasteiger partial charge in [0.15, 0.2) is 0 Å². The molecule has 2 fully saturated rings. The minimum atomic E-state index is -1.37. The maximum Gasteiger partial charge on any atom is 0.138 e. The second kappa shape index (κ2) is 5.60. The van der Waals surface area contributed by atoms with Crippen LogP contribution < -0.4 is 0 Å². The van der Waals surface area contributed by atoms with E-state index in [1.165, 1.54) is 19.3 Å². The Labute approximate surface area is 149 Å². The Morgan fingerprint density at radius 1 is 1.12 bits per heavy atom. The van der Waals surface area contributed by atoms with E-state index in [1.54, 1.807) is 5.57 Å². The predicted octanol–water partition coefficient (Wildman–Crippen LogP) is 5.77. The highest BCUT2D eigenvalue weighted by molar-refractivity contribution is 6.83. The number of fused-ring (bicyclic) bond motifs is 3. The fourth-order valence-corrected chi connectivity index (χ4v) is 6.39. The minimum absolute atomic E-state index is 0.111. The SMILES string of the molecule is CC1(C)C(=O)CCC2(C)C3=CCCCC3(C#C[Si](C)(C)C)CCC12. The Bertz CT molecular complexity index is 639. The Balaban J connectivity index is 2.07. The molecule has 0 aromatic carbocycles. The first kappa shape index (κ1) is 18.0. The highest BCUT2D eigenvalue weighted by Gasteiger charge is 2.59. The van der Waals surface area contributed by atoms with Crippen LogP contribution in [-0.2, 0) is 4.79 Å². The summed E-state index contributed by atoms with van der Waals surface area (Å²) in [6, 6.07) is 0. The summed E-state index contributed by atoms with van der Waals surface area (Å²) in [6.45, 7) is 13.9. The van der Waals surface area contributed by atoms with Crippen molar-refractivity contribution < 1.29 is 4.79 Å². The van der Waals surface area contributed by atoms with Gasteiger partial charge in [0, 0.05) is 11.8 Å². The van der Waals surface area contributed by atoms with Gasteiger partial charge in [-0.1, -0.05) is 52.4 Å². The molecule has 0 heterocycles. The number of ketones is 1. The zero-order chi connectivity index (χ0) is 17.8. The van der Waals surface area contributed by atoms with Crippen molar-refractivity contribution in [2.24, 2.45) is 22.2 Å². The molecule has 0 spiro atoms. The topological polar surface area (TPSA) is 17.1 Å². The van der Waals surface area contributed by atoms with Crippen LogP contribution in [0.25, 0.3) is 0 Å². The van der Waals surface area contributed by atoms with E-state index in [4.69, 9.17) is 0 Å². The van der Waals surface area contributed by atoms with Gasteiger partial charge in [-0.3, -0.25) is 4.79 Å². The molecule has 0 N–H and O–H groups in total. The van der Waals surface area contributed by atoms with Gasteiger partial charge in [-0.25, -0.2) is 0 Å². The van der Waals surface area contributed by atoms with E-state index in [-0.39, 0.29) is 16.2 Å². The quantitative estimate of drug-likeness (QED) is 0.310. The van der Waals surface area contributed by atoms with Crippen LogP contribution in [0.5, 0.6) is 0 Å². The van der Waals surface area contributed by atoms with Gasteiger partial charge >= 0.3 is 0 Å². The average molecular weight is 343 g/mol. The summed E-state index contributed by atoms with van der Waals surface area (Å²) >= 11 is 0. The van der Waals surface area contributed by atoms with Crippen LogP contribution in [0.1, 0.15) is 65.7 Å². The summed E-state index contributed by atoms with van der Waals surface area (Å²) in [5, 5.41) is 0.